The molecular weight excluding hydrogens is 276 g/mol. The summed E-state index contributed by atoms with van der Waals surface area (Å²) < 4.78 is 7.99. The van der Waals surface area contributed by atoms with Gasteiger partial charge in [0.15, 0.2) is 0 Å². The molecule has 5 nitrogen and oxygen atoms in total. The standard InChI is InChI=1S/C17H22N4O/c1-2-4-16(22-11-13-5-6-13)14(3-1)9-18-15-7-8-17-19-12-20-21(17)10-15/h1-4,12-13,15,18H,5-11H2/t15-/m0/s1. The van der Waals surface area contributed by atoms with Crippen molar-refractivity contribution in [2.75, 3.05) is 6.61 Å². The Morgan fingerprint density at radius 2 is 2.14 bits per heavy atom. The van der Waals surface area contributed by atoms with E-state index in [4.69, 9.17) is 4.74 Å². The third-order valence-corrected chi connectivity index (χ3v) is 4.53. The van der Waals surface area contributed by atoms with Crippen LogP contribution in [-0.4, -0.2) is 27.4 Å². The van der Waals surface area contributed by atoms with Crippen LogP contribution in [0.1, 0.15) is 30.7 Å². The second-order valence-electron chi connectivity index (χ2n) is 6.34. The number of rotatable bonds is 6. The highest BCUT2D eigenvalue weighted by Gasteiger charge is 2.23. The van der Waals surface area contributed by atoms with Crippen LogP contribution in [-0.2, 0) is 19.5 Å². The predicted octanol–water partition coefficient (Wildman–Crippen LogP) is 2.17. The molecule has 1 N–H and O–H groups in total. The molecule has 0 saturated heterocycles. The molecule has 5 heteroatoms. The molecule has 22 heavy (non-hydrogen) atoms. The summed E-state index contributed by atoms with van der Waals surface area (Å²) in [6.07, 6.45) is 6.41. The summed E-state index contributed by atoms with van der Waals surface area (Å²) in [6, 6.07) is 8.81. The van der Waals surface area contributed by atoms with Gasteiger partial charge in [-0.2, -0.15) is 5.10 Å². The second kappa shape index (κ2) is 6.08. The molecule has 0 spiro atoms. The van der Waals surface area contributed by atoms with Crippen LogP contribution >= 0.6 is 0 Å². The van der Waals surface area contributed by atoms with Gasteiger partial charge < -0.3 is 10.1 Å². The quantitative estimate of drug-likeness (QED) is 0.888. The zero-order valence-electron chi connectivity index (χ0n) is 12.7. The van der Waals surface area contributed by atoms with E-state index in [1.165, 1.54) is 18.4 Å². The number of benzene rings is 1. The molecule has 4 rings (SSSR count). The van der Waals surface area contributed by atoms with Crippen molar-refractivity contribution in [1.29, 1.82) is 0 Å². The van der Waals surface area contributed by atoms with Crippen LogP contribution in [0.2, 0.25) is 0 Å². The molecule has 2 aromatic rings. The zero-order valence-corrected chi connectivity index (χ0v) is 12.7. The first-order valence-corrected chi connectivity index (χ1v) is 8.19. The zero-order chi connectivity index (χ0) is 14.8. The van der Waals surface area contributed by atoms with Crippen LogP contribution in [0.5, 0.6) is 5.75 Å². The molecule has 1 atom stereocenters. The van der Waals surface area contributed by atoms with Crippen molar-refractivity contribution in [3.63, 3.8) is 0 Å². The second-order valence-corrected chi connectivity index (χ2v) is 6.34. The van der Waals surface area contributed by atoms with E-state index < -0.39 is 0 Å². The minimum absolute atomic E-state index is 0.450. The number of aryl methyl sites for hydroxylation is 1. The summed E-state index contributed by atoms with van der Waals surface area (Å²) in [5.41, 5.74) is 1.24. The largest absolute Gasteiger partial charge is 0.493 e. The van der Waals surface area contributed by atoms with E-state index in [1.54, 1.807) is 6.33 Å². The molecular formula is C17H22N4O. The number of para-hydroxylation sites is 1. The molecule has 0 radical (unpaired) electrons. The van der Waals surface area contributed by atoms with Crippen LogP contribution in [0.25, 0.3) is 0 Å². The van der Waals surface area contributed by atoms with Gasteiger partial charge in [-0.15, -0.1) is 0 Å². The van der Waals surface area contributed by atoms with Crippen molar-refractivity contribution in [2.45, 2.75) is 44.8 Å². The normalized spacial score (nSPS) is 20.6. The third kappa shape index (κ3) is 3.14. The number of hydrogen-bond acceptors (Lipinski definition) is 4. The smallest absolute Gasteiger partial charge is 0.138 e. The lowest BCUT2D eigenvalue weighted by molar-refractivity contribution is 0.293. The van der Waals surface area contributed by atoms with Gasteiger partial charge in [0.25, 0.3) is 0 Å². The van der Waals surface area contributed by atoms with Crippen LogP contribution in [0.15, 0.2) is 30.6 Å². The minimum Gasteiger partial charge on any atom is -0.493 e. The number of aromatic nitrogens is 3. The van der Waals surface area contributed by atoms with E-state index in [2.05, 4.69) is 33.6 Å². The van der Waals surface area contributed by atoms with Gasteiger partial charge >= 0.3 is 0 Å². The number of nitrogens with zero attached hydrogens (tertiary/aromatic N) is 3. The van der Waals surface area contributed by atoms with Gasteiger partial charge in [-0.3, -0.25) is 0 Å². The topological polar surface area (TPSA) is 52.0 Å². The lowest BCUT2D eigenvalue weighted by atomic mass is 10.1. The summed E-state index contributed by atoms with van der Waals surface area (Å²) in [6.45, 7) is 2.61. The van der Waals surface area contributed by atoms with Crippen molar-refractivity contribution in [2.24, 2.45) is 5.92 Å². The minimum atomic E-state index is 0.450. The first-order valence-electron chi connectivity index (χ1n) is 8.19. The lowest BCUT2D eigenvalue weighted by Gasteiger charge is -2.24. The Morgan fingerprint density at radius 3 is 3.05 bits per heavy atom. The highest BCUT2D eigenvalue weighted by atomic mass is 16.5. The summed E-state index contributed by atoms with van der Waals surface area (Å²) >= 11 is 0. The molecule has 1 saturated carbocycles. The fourth-order valence-electron chi connectivity index (χ4n) is 2.94. The molecule has 0 bridgehead atoms. The summed E-state index contributed by atoms with van der Waals surface area (Å²) in [5.74, 6) is 2.91. The number of ether oxygens (including phenoxy) is 1. The summed E-state index contributed by atoms with van der Waals surface area (Å²) in [5, 5.41) is 7.92. The molecule has 116 valence electrons. The summed E-state index contributed by atoms with van der Waals surface area (Å²) in [4.78, 5) is 4.27. The molecule has 0 amide bonds. The first kappa shape index (κ1) is 13.8. The van der Waals surface area contributed by atoms with E-state index in [1.807, 2.05) is 10.7 Å². The molecule has 1 aliphatic heterocycles. The van der Waals surface area contributed by atoms with Gasteiger partial charge in [-0.1, -0.05) is 18.2 Å². The van der Waals surface area contributed by atoms with Crippen LogP contribution in [0.4, 0.5) is 0 Å². The maximum Gasteiger partial charge on any atom is 0.138 e. The van der Waals surface area contributed by atoms with Crippen molar-refractivity contribution >= 4 is 0 Å². The molecule has 1 fully saturated rings. The van der Waals surface area contributed by atoms with E-state index in [0.717, 1.165) is 50.0 Å². The Bertz CT molecular complexity index is 635. The Morgan fingerprint density at radius 1 is 1.23 bits per heavy atom. The SMILES string of the molecule is c1ccc(OCC2CC2)c(CN[C@H]2CCc3ncnn3C2)c1. The van der Waals surface area contributed by atoms with E-state index in [9.17, 15) is 0 Å². The average molecular weight is 298 g/mol. The molecule has 1 aliphatic carbocycles. The van der Waals surface area contributed by atoms with E-state index in [0.29, 0.717) is 6.04 Å². The van der Waals surface area contributed by atoms with Crippen LogP contribution in [0.3, 0.4) is 0 Å². The highest BCUT2D eigenvalue weighted by Crippen LogP contribution is 2.30. The van der Waals surface area contributed by atoms with Gasteiger partial charge in [0.05, 0.1) is 13.2 Å². The van der Waals surface area contributed by atoms with Crippen molar-refractivity contribution in [3.8, 4) is 5.75 Å². The number of nitrogens with one attached hydrogen (secondary N) is 1. The Balaban J connectivity index is 1.35. The third-order valence-electron chi connectivity index (χ3n) is 4.53. The molecule has 0 unspecified atom stereocenters. The molecule has 2 heterocycles. The predicted molar refractivity (Wildman–Crippen MR) is 83.6 cm³/mol. The van der Waals surface area contributed by atoms with Gasteiger partial charge in [-0.05, 0) is 31.2 Å². The fourth-order valence-corrected chi connectivity index (χ4v) is 2.94. The maximum atomic E-state index is 5.98. The van der Waals surface area contributed by atoms with Gasteiger partial charge in [-0.25, -0.2) is 9.67 Å². The monoisotopic (exact) mass is 298 g/mol. The van der Waals surface area contributed by atoms with Crippen molar-refractivity contribution < 1.29 is 4.74 Å². The van der Waals surface area contributed by atoms with Gasteiger partial charge in [0, 0.05) is 24.6 Å². The number of hydrogen-bond donors (Lipinski definition) is 1. The van der Waals surface area contributed by atoms with E-state index in [-0.39, 0.29) is 0 Å². The van der Waals surface area contributed by atoms with Crippen molar-refractivity contribution in [1.82, 2.24) is 20.1 Å². The van der Waals surface area contributed by atoms with Gasteiger partial charge in [0.1, 0.15) is 17.9 Å². The Hall–Kier alpha value is -1.88. The lowest BCUT2D eigenvalue weighted by Crippen LogP contribution is -2.37. The molecule has 1 aromatic carbocycles. The fraction of sp³-hybridized carbons (Fsp3) is 0.529. The van der Waals surface area contributed by atoms with Crippen LogP contribution < -0.4 is 10.1 Å². The Kier molecular flexibility index (Phi) is 3.81. The number of fused-ring (bicyclic) bond motifs is 1. The highest BCUT2D eigenvalue weighted by molar-refractivity contribution is 5.33. The molecule has 1 aromatic heterocycles. The Labute approximate surface area is 130 Å². The van der Waals surface area contributed by atoms with E-state index >= 15 is 0 Å². The van der Waals surface area contributed by atoms with Crippen LogP contribution in [0, 0.1) is 5.92 Å². The van der Waals surface area contributed by atoms with Crippen molar-refractivity contribution in [3.05, 3.63) is 42.0 Å². The first-order chi connectivity index (χ1) is 10.9. The average Bonchev–Trinajstić information content (AvgIpc) is 3.27. The summed E-state index contributed by atoms with van der Waals surface area (Å²) in [7, 11) is 0. The maximum absolute atomic E-state index is 5.98. The van der Waals surface area contributed by atoms with Gasteiger partial charge in [0.2, 0.25) is 0 Å². The molecule has 2 aliphatic rings.